The smallest absolute Gasteiger partial charge is 0.0801 e. The molecule has 1 aliphatic carbocycles. The standard InChI is InChI=1S/C61H48Si/c1-2-45-34-21-35-61(45)62(58-39-52(46-22-9-3-10-23-46)36-53(40-58)47-24-11-4-12-25-47,59-41-54(48-26-13-5-14-27-48)37-55(42-59)49-28-15-6-16-29-49)60-43-56(50-30-17-7-18-31-50)38-57(44-60)51-32-19-8-20-33-51/h3-20,22-44H,2,21H2,1H3. The molecule has 1 heteroatoms. The Balaban J connectivity index is 1.41. The summed E-state index contributed by atoms with van der Waals surface area (Å²) in [5, 5.41) is 5.61. The van der Waals surface area contributed by atoms with Gasteiger partial charge in [0.2, 0.25) is 0 Å². The van der Waals surface area contributed by atoms with Crippen LogP contribution in [0.15, 0.2) is 260 Å². The van der Waals surface area contributed by atoms with Crippen LogP contribution in [0, 0.1) is 0 Å². The van der Waals surface area contributed by atoms with E-state index in [0.717, 1.165) is 12.8 Å². The fraction of sp³-hybridized carbons (Fsp3) is 0.0492. The van der Waals surface area contributed by atoms with Crippen LogP contribution in [0.1, 0.15) is 19.8 Å². The van der Waals surface area contributed by atoms with Crippen LogP contribution in [0.4, 0.5) is 0 Å². The molecule has 0 aromatic heterocycles. The zero-order chi connectivity index (χ0) is 41.7. The summed E-state index contributed by atoms with van der Waals surface area (Å²) < 4.78 is 0. The molecule has 0 heterocycles. The monoisotopic (exact) mass is 808 g/mol. The molecule has 9 aromatic carbocycles. The molecule has 0 fully saturated rings. The summed E-state index contributed by atoms with van der Waals surface area (Å²) in [7, 11) is -3.27. The highest BCUT2D eigenvalue weighted by Crippen LogP contribution is 2.38. The van der Waals surface area contributed by atoms with Crippen molar-refractivity contribution in [3.05, 3.63) is 260 Å². The molecule has 0 unspecified atom stereocenters. The molecule has 9 aromatic rings. The van der Waals surface area contributed by atoms with Crippen molar-refractivity contribution < 1.29 is 0 Å². The van der Waals surface area contributed by atoms with E-state index >= 15 is 0 Å². The Hall–Kier alpha value is -7.32. The molecule has 0 N–H and O–H groups in total. The van der Waals surface area contributed by atoms with Crippen LogP contribution in [0.3, 0.4) is 0 Å². The molecule has 0 bridgehead atoms. The lowest BCUT2D eigenvalue weighted by Crippen LogP contribution is -2.69. The molecule has 0 aliphatic heterocycles. The fourth-order valence-electron chi connectivity index (χ4n) is 9.57. The first-order valence-electron chi connectivity index (χ1n) is 21.9. The van der Waals surface area contributed by atoms with E-state index in [4.69, 9.17) is 0 Å². The SMILES string of the molecule is CCC1=CCC=C1[Si](c1cc(-c2ccccc2)cc(-c2ccccc2)c1)(c1cc(-c2ccccc2)cc(-c2ccccc2)c1)c1cc(-c2ccccc2)cc(-c2ccccc2)c1. The largest absolute Gasteiger partial charge is 0.179 e. The minimum atomic E-state index is -3.27. The molecule has 1 aliphatic rings. The normalized spacial score (nSPS) is 12.5. The zero-order valence-corrected chi connectivity index (χ0v) is 36.1. The average molecular weight is 809 g/mol. The zero-order valence-electron chi connectivity index (χ0n) is 35.1. The number of hydrogen-bond acceptors (Lipinski definition) is 0. The Morgan fingerprint density at radius 2 is 0.532 bits per heavy atom. The summed E-state index contributed by atoms with van der Waals surface area (Å²) in [4.78, 5) is 0. The summed E-state index contributed by atoms with van der Waals surface area (Å²) >= 11 is 0. The Bertz CT molecular complexity index is 2550. The second-order valence-corrected chi connectivity index (χ2v) is 20.1. The topological polar surface area (TPSA) is 0 Å². The minimum Gasteiger partial charge on any atom is -0.0801 e. The van der Waals surface area contributed by atoms with E-state index in [1.54, 1.807) is 0 Å². The van der Waals surface area contributed by atoms with Crippen LogP contribution < -0.4 is 15.6 Å². The average Bonchev–Trinajstić information content (AvgIpc) is 3.85. The highest BCUT2D eigenvalue weighted by molar-refractivity contribution is 7.17. The van der Waals surface area contributed by atoms with Gasteiger partial charge in [-0.25, -0.2) is 0 Å². The third-order valence-electron chi connectivity index (χ3n) is 12.6. The Kier molecular flexibility index (Phi) is 10.9. The van der Waals surface area contributed by atoms with E-state index < -0.39 is 8.07 Å². The maximum atomic E-state index is 2.58. The van der Waals surface area contributed by atoms with Gasteiger partial charge in [-0.2, -0.15) is 0 Å². The first-order valence-corrected chi connectivity index (χ1v) is 23.9. The van der Waals surface area contributed by atoms with Crippen LogP contribution in [0.2, 0.25) is 0 Å². The maximum absolute atomic E-state index is 3.27. The molecule has 0 amide bonds. The van der Waals surface area contributed by atoms with Crippen molar-refractivity contribution in [1.29, 1.82) is 0 Å². The molecular weight excluding hydrogens is 761 g/mol. The van der Waals surface area contributed by atoms with Crippen LogP contribution in [0.25, 0.3) is 66.8 Å². The molecular formula is C61H48Si. The second kappa shape index (κ2) is 17.3. The van der Waals surface area contributed by atoms with Gasteiger partial charge in [-0.05, 0) is 119 Å². The number of rotatable bonds is 11. The lowest BCUT2D eigenvalue weighted by atomic mass is 9.98. The molecule has 0 spiro atoms. The van der Waals surface area contributed by atoms with Crippen LogP contribution in [-0.2, 0) is 0 Å². The van der Waals surface area contributed by atoms with Gasteiger partial charge in [-0.3, -0.25) is 0 Å². The van der Waals surface area contributed by atoms with Crippen molar-refractivity contribution >= 4 is 23.6 Å². The van der Waals surface area contributed by atoms with Crippen molar-refractivity contribution in [2.45, 2.75) is 19.8 Å². The van der Waals surface area contributed by atoms with Crippen LogP contribution in [-0.4, -0.2) is 8.07 Å². The summed E-state index contributed by atoms with van der Waals surface area (Å²) in [6, 6.07) is 88.3. The van der Waals surface area contributed by atoms with E-state index in [1.807, 2.05) is 0 Å². The first kappa shape index (κ1) is 38.9. The molecule has 0 saturated carbocycles. The van der Waals surface area contributed by atoms with E-state index in [0.29, 0.717) is 0 Å². The lowest BCUT2D eigenvalue weighted by Gasteiger charge is -2.38. The molecule has 10 rings (SSSR count). The Labute approximate surface area is 367 Å². The van der Waals surface area contributed by atoms with E-state index in [9.17, 15) is 0 Å². The van der Waals surface area contributed by atoms with Gasteiger partial charge in [0.25, 0.3) is 0 Å². The van der Waals surface area contributed by atoms with E-state index in [1.165, 1.54) is 93.1 Å². The number of allylic oxidation sites excluding steroid dienone is 4. The number of benzene rings is 9. The third kappa shape index (κ3) is 7.53. The lowest BCUT2D eigenvalue weighted by molar-refractivity contribution is 1.14. The van der Waals surface area contributed by atoms with Gasteiger partial charge in [0.15, 0.2) is 8.07 Å². The first-order chi connectivity index (χ1) is 30.7. The van der Waals surface area contributed by atoms with E-state index in [-0.39, 0.29) is 0 Å². The molecule has 0 radical (unpaired) electrons. The maximum Gasteiger partial charge on any atom is 0.179 e. The predicted octanol–water partition coefficient (Wildman–Crippen LogP) is 14.4. The van der Waals surface area contributed by atoms with Gasteiger partial charge in [0.1, 0.15) is 0 Å². The van der Waals surface area contributed by atoms with Gasteiger partial charge >= 0.3 is 0 Å². The van der Waals surface area contributed by atoms with Crippen molar-refractivity contribution in [2.24, 2.45) is 0 Å². The molecule has 296 valence electrons. The van der Waals surface area contributed by atoms with Gasteiger partial charge in [0, 0.05) is 0 Å². The Morgan fingerprint density at radius 1 is 0.290 bits per heavy atom. The fourth-order valence-corrected chi connectivity index (χ4v) is 14.9. The summed E-state index contributed by atoms with van der Waals surface area (Å²) in [5.74, 6) is 0. The van der Waals surface area contributed by atoms with Crippen molar-refractivity contribution in [3.63, 3.8) is 0 Å². The van der Waals surface area contributed by atoms with Crippen LogP contribution in [0.5, 0.6) is 0 Å². The Morgan fingerprint density at radius 3 is 0.758 bits per heavy atom. The molecule has 0 saturated heterocycles. The van der Waals surface area contributed by atoms with Gasteiger partial charge in [-0.1, -0.05) is 243 Å². The quantitative estimate of drug-likeness (QED) is 0.0902. The van der Waals surface area contributed by atoms with Crippen molar-refractivity contribution in [1.82, 2.24) is 0 Å². The summed E-state index contributed by atoms with van der Waals surface area (Å²) in [6.07, 6.45) is 6.95. The third-order valence-corrected chi connectivity index (χ3v) is 17.4. The summed E-state index contributed by atoms with van der Waals surface area (Å²) in [5.41, 5.74) is 16.1. The minimum absolute atomic E-state index is 0.922. The molecule has 62 heavy (non-hydrogen) atoms. The summed E-state index contributed by atoms with van der Waals surface area (Å²) in [6.45, 7) is 2.34. The van der Waals surface area contributed by atoms with Crippen molar-refractivity contribution in [3.8, 4) is 66.8 Å². The van der Waals surface area contributed by atoms with Crippen LogP contribution >= 0.6 is 0 Å². The highest BCUT2D eigenvalue weighted by atomic mass is 28.3. The molecule has 0 nitrogen and oxygen atoms in total. The second-order valence-electron chi connectivity index (χ2n) is 16.3. The molecule has 0 atom stereocenters. The van der Waals surface area contributed by atoms with Gasteiger partial charge < -0.3 is 0 Å². The van der Waals surface area contributed by atoms with Gasteiger partial charge in [-0.15, -0.1) is 0 Å². The number of hydrogen-bond donors (Lipinski definition) is 0. The van der Waals surface area contributed by atoms with Gasteiger partial charge in [0.05, 0.1) is 0 Å². The van der Waals surface area contributed by atoms with E-state index in [2.05, 4.69) is 256 Å². The highest BCUT2D eigenvalue weighted by Gasteiger charge is 2.46. The van der Waals surface area contributed by atoms with Crippen molar-refractivity contribution in [2.75, 3.05) is 0 Å². The predicted molar refractivity (Wildman–Crippen MR) is 268 cm³/mol.